The summed E-state index contributed by atoms with van der Waals surface area (Å²) < 4.78 is 7.25. The van der Waals surface area contributed by atoms with Crippen molar-refractivity contribution in [1.29, 1.82) is 0 Å². The number of para-hydroxylation sites is 1. The number of benzene rings is 1. The van der Waals surface area contributed by atoms with Crippen molar-refractivity contribution in [2.75, 3.05) is 33.3 Å². The Morgan fingerprint density at radius 3 is 2.16 bits per heavy atom. The quantitative estimate of drug-likeness (QED) is 0.752. The van der Waals surface area contributed by atoms with Gasteiger partial charge in [0.05, 0.1) is 20.1 Å². The van der Waals surface area contributed by atoms with E-state index in [0.717, 1.165) is 18.9 Å². The summed E-state index contributed by atoms with van der Waals surface area (Å²) in [5.41, 5.74) is 2.50. The van der Waals surface area contributed by atoms with E-state index < -0.39 is 0 Å². The molecule has 1 saturated heterocycles. The molecule has 1 heterocycles. The van der Waals surface area contributed by atoms with Crippen LogP contribution in [0.15, 0.2) is 18.2 Å². The highest BCUT2D eigenvalue weighted by molar-refractivity contribution is 5.39. The summed E-state index contributed by atoms with van der Waals surface area (Å²) >= 11 is 0. The molecule has 0 atom stereocenters. The number of quaternary nitrogens is 1. The van der Waals surface area contributed by atoms with Crippen LogP contribution in [0.25, 0.3) is 0 Å². The molecule has 0 aliphatic carbocycles. The molecule has 1 aromatic rings. The monoisotopic (exact) mass is 262 g/mol. The number of nitrogens with zero attached hydrogens (tertiary/aromatic N) is 1. The van der Waals surface area contributed by atoms with Crippen molar-refractivity contribution in [3.05, 3.63) is 29.3 Å². The average Bonchev–Trinajstić information content (AvgIpc) is 2.58. The van der Waals surface area contributed by atoms with Crippen molar-refractivity contribution in [3.8, 4) is 5.75 Å². The third kappa shape index (κ3) is 3.97. The molecule has 2 rings (SSSR count). The molecule has 1 aliphatic rings. The molecular formula is C17H28NO+. The minimum atomic E-state index is 0.836. The minimum absolute atomic E-state index is 0.836. The van der Waals surface area contributed by atoms with Crippen LogP contribution in [0, 0.1) is 13.8 Å². The van der Waals surface area contributed by atoms with Gasteiger partial charge in [0, 0.05) is 0 Å². The largest absolute Gasteiger partial charge is 0.487 e. The van der Waals surface area contributed by atoms with Crippen molar-refractivity contribution in [1.82, 2.24) is 0 Å². The zero-order valence-corrected chi connectivity index (χ0v) is 12.7. The third-order valence-electron chi connectivity index (χ3n) is 4.43. The van der Waals surface area contributed by atoms with Crippen LogP contribution in [-0.2, 0) is 0 Å². The molecule has 0 N–H and O–H groups in total. The van der Waals surface area contributed by atoms with E-state index in [2.05, 4.69) is 39.1 Å². The molecule has 0 unspecified atom stereocenters. The van der Waals surface area contributed by atoms with Gasteiger partial charge in [-0.3, -0.25) is 0 Å². The number of ether oxygens (including phenoxy) is 1. The molecule has 0 spiro atoms. The molecular weight excluding hydrogens is 234 g/mol. The molecule has 2 heteroatoms. The Kier molecular flexibility index (Phi) is 4.87. The van der Waals surface area contributed by atoms with Gasteiger partial charge < -0.3 is 9.22 Å². The molecule has 0 bridgehead atoms. The summed E-state index contributed by atoms with van der Waals surface area (Å²) in [6.07, 6.45) is 5.57. The first-order valence-electron chi connectivity index (χ1n) is 7.63. The van der Waals surface area contributed by atoms with Crippen LogP contribution < -0.4 is 4.74 Å². The number of likely N-dealkylation sites (tertiary alicyclic amines) is 1. The molecule has 1 aliphatic heterocycles. The average molecular weight is 262 g/mol. The Morgan fingerprint density at radius 1 is 1.00 bits per heavy atom. The van der Waals surface area contributed by atoms with Gasteiger partial charge >= 0.3 is 0 Å². The molecule has 19 heavy (non-hydrogen) atoms. The maximum absolute atomic E-state index is 6.06. The van der Waals surface area contributed by atoms with E-state index in [0.29, 0.717) is 0 Å². The summed E-state index contributed by atoms with van der Waals surface area (Å²) in [6.45, 7) is 8.86. The first kappa shape index (κ1) is 14.4. The first-order chi connectivity index (χ1) is 9.11. The normalized spacial score (nSPS) is 18.9. The summed E-state index contributed by atoms with van der Waals surface area (Å²) in [6, 6.07) is 6.36. The van der Waals surface area contributed by atoms with Crippen molar-refractivity contribution < 1.29 is 9.22 Å². The Bertz CT molecular complexity index is 385. The van der Waals surface area contributed by atoms with E-state index in [-0.39, 0.29) is 0 Å². The predicted octanol–water partition coefficient (Wildman–Crippen LogP) is 3.70. The fourth-order valence-corrected chi connectivity index (χ4v) is 3.07. The molecule has 0 amide bonds. The van der Waals surface area contributed by atoms with E-state index in [9.17, 15) is 0 Å². The molecule has 1 aromatic carbocycles. The predicted molar refractivity (Wildman–Crippen MR) is 80.7 cm³/mol. The van der Waals surface area contributed by atoms with Crippen LogP contribution in [0.5, 0.6) is 5.75 Å². The Balaban J connectivity index is 1.89. The Morgan fingerprint density at radius 2 is 1.58 bits per heavy atom. The van der Waals surface area contributed by atoms with E-state index in [1.165, 1.54) is 54.4 Å². The zero-order valence-electron chi connectivity index (χ0n) is 12.7. The number of hydrogen-bond donors (Lipinski definition) is 0. The minimum Gasteiger partial charge on any atom is -0.487 e. The van der Waals surface area contributed by atoms with E-state index in [4.69, 9.17) is 4.74 Å². The second-order valence-corrected chi connectivity index (χ2v) is 6.27. The van der Waals surface area contributed by atoms with Crippen LogP contribution in [0.4, 0.5) is 0 Å². The lowest BCUT2D eigenvalue weighted by molar-refractivity contribution is -0.908. The summed E-state index contributed by atoms with van der Waals surface area (Å²) in [5.74, 6) is 1.09. The summed E-state index contributed by atoms with van der Waals surface area (Å²) in [4.78, 5) is 0. The molecule has 1 fully saturated rings. The van der Waals surface area contributed by atoms with Crippen LogP contribution in [0.1, 0.15) is 36.8 Å². The highest BCUT2D eigenvalue weighted by Crippen LogP contribution is 2.23. The van der Waals surface area contributed by atoms with Crippen LogP contribution in [0.2, 0.25) is 0 Å². The lowest BCUT2D eigenvalue weighted by Gasteiger charge is -2.33. The van der Waals surface area contributed by atoms with Gasteiger partial charge in [0.1, 0.15) is 18.9 Å². The Hall–Kier alpha value is -1.02. The van der Waals surface area contributed by atoms with Gasteiger partial charge in [-0.05, 0) is 50.7 Å². The molecule has 106 valence electrons. The van der Waals surface area contributed by atoms with Crippen molar-refractivity contribution in [2.24, 2.45) is 0 Å². The van der Waals surface area contributed by atoms with Crippen LogP contribution in [0.3, 0.4) is 0 Å². The lowest BCUT2D eigenvalue weighted by atomic mass is 10.1. The molecule has 0 radical (unpaired) electrons. The van der Waals surface area contributed by atoms with Gasteiger partial charge in [-0.25, -0.2) is 0 Å². The van der Waals surface area contributed by atoms with Crippen molar-refractivity contribution in [2.45, 2.75) is 39.5 Å². The van der Waals surface area contributed by atoms with E-state index in [1.54, 1.807) is 0 Å². The van der Waals surface area contributed by atoms with Gasteiger partial charge in [-0.1, -0.05) is 18.2 Å². The number of aryl methyl sites for hydroxylation is 2. The maximum Gasteiger partial charge on any atom is 0.137 e. The number of hydrogen-bond acceptors (Lipinski definition) is 1. The molecule has 0 aromatic heterocycles. The van der Waals surface area contributed by atoms with Gasteiger partial charge in [0.15, 0.2) is 0 Å². The molecule has 2 nitrogen and oxygen atoms in total. The standard InChI is InChI=1S/C17H28NO/c1-15-9-8-10-16(2)17(15)19-14-13-18(3)11-6-4-5-7-12-18/h8-10H,4-7,11-14H2,1-3H3/q+1. The fraction of sp³-hybridized carbons (Fsp3) is 0.647. The maximum atomic E-state index is 6.06. The number of rotatable bonds is 4. The second kappa shape index (κ2) is 6.42. The highest BCUT2D eigenvalue weighted by Gasteiger charge is 2.23. The van der Waals surface area contributed by atoms with E-state index >= 15 is 0 Å². The topological polar surface area (TPSA) is 9.23 Å². The van der Waals surface area contributed by atoms with Gasteiger partial charge in [0.25, 0.3) is 0 Å². The SMILES string of the molecule is Cc1cccc(C)c1OCC[N+]1(C)CCCCCC1. The van der Waals surface area contributed by atoms with Gasteiger partial charge in [0.2, 0.25) is 0 Å². The lowest BCUT2D eigenvalue weighted by Crippen LogP contribution is -2.47. The summed E-state index contributed by atoms with van der Waals surface area (Å²) in [7, 11) is 2.39. The smallest absolute Gasteiger partial charge is 0.137 e. The van der Waals surface area contributed by atoms with Crippen LogP contribution >= 0.6 is 0 Å². The van der Waals surface area contributed by atoms with Crippen molar-refractivity contribution in [3.63, 3.8) is 0 Å². The first-order valence-corrected chi connectivity index (χ1v) is 7.63. The van der Waals surface area contributed by atoms with Crippen molar-refractivity contribution >= 4 is 0 Å². The van der Waals surface area contributed by atoms with Gasteiger partial charge in [-0.2, -0.15) is 0 Å². The number of likely N-dealkylation sites (N-methyl/N-ethyl adjacent to an activating group) is 1. The molecule has 0 saturated carbocycles. The van der Waals surface area contributed by atoms with E-state index in [1.807, 2.05) is 0 Å². The zero-order chi connectivity index (χ0) is 13.7. The third-order valence-corrected chi connectivity index (χ3v) is 4.43. The summed E-state index contributed by atoms with van der Waals surface area (Å²) in [5, 5.41) is 0. The fourth-order valence-electron chi connectivity index (χ4n) is 3.07. The Labute approximate surface area is 118 Å². The van der Waals surface area contributed by atoms with Crippen LogP contribution in [-0.4, -0.2) is 37.8 Å². The van der Waals surface area contributed by atoms with Gasteiger partial charge in [-0.15, -0.1) is 0 Å². The highest BCUT2D eigenvalue weighted by atomic mass is 16.5. The second-order valence-electron chi connectivity index (χ2n) is 6.27.